The molecule has 3 aromatic carbocycles. The zero-order valence-corrected chi connectivity index (χ0v) is 20.9. The van der Waals surface area contributed by atoms with Crippen molar-refractivity contribution in [2.45, 2.75) is 45.4 Å². The van der Waals surface area contributed by atoms with Crippen LogP contribution in [0.2, 0.25) is 0 Å². The van der Waals surface area contributed by atoms with Crippen LogP contribution in [0.3, 0.4) is 0 Å². The zero-order chi connectivity index (χ0) is 24.3. The van der Waals surface area contributed by atoms with Crippen LogP contribution in [0, 0.1) is 5.41 Å². The molecular weight excluding hydrogens is 442 g/mol. The van der Waals surface area contributed by atoms with Gasteiger partial charge in [-0.1, -0.05) is 45.9 Å². The highest BCUT2D eigenvalue weighted by atomic mass is 32.2. The number of nitrogens with zero attached hydrogens (tertiary/aromatic N) is 2. The summed E-state index contributed by atoms with van der Waals surface area (Å²) in [6.07, 6.45) is 3.97. The molecule has 1 heterocycles. The van der Waals surface area contributed by atoms with Crippen LogP contribution in [0.1, 0.15) is 50.0 Å². The van der Waals surface area contributed by atoms with Crippen molar-refractivity contribution in [2.75, 3.05) is 11.1 Å². The number of carbonyl (C=O) groups is 1. The monoisotopic (exact) mass is 473 g/mol. The van der Waals surface area contributed by atoms with E-state index in [1.54, 1.807) is 22.9 Å². The van der Waals surface area contributed by atoms with Gasteiger partial charge < -0.3 is 10.4 Å². The van der Waals surface area contributed by atoms with E-state index in [2.05, 4.69) is 56.3 Å². The Hall–Kier alpha value is -3.25. The molecule has 0 aliphatic rings. The molecule has 1 aromatic heterocycles. The van der Waals surface area contributed by atoms with Gasteiger partial charge in [0.2, 0.25) is 0 Å². The predicted octanol–water partition coefficient (Wildman–Crippen LogP) is 7.07. The van der Waals surface area contributed by atoms with Crippen LogP contribution in [0.25, 0.3) is 16.6 Å². The van der Waals surface area contributed by atoms with Crippen LogP contribution >= 0.6 is 11.8 Å². The van der Waals surface area contributed by atoms with Crippen molar-refractivity contribution in [2.24, 2.45) is 5.41 Å². The number of rotatable bonds is 7. The second-order valence-corrected chi connectivity index (χ2v) is 10.9. The quantitative estimate of drug-likeness (QED) is 0.282. The number of hydrogen-bond acceptors (Lipinski definition) is 4. The van der Waals surface area contributed by atoms with Gasteiger partial charge in [0, 0.05) is 33.8 Å². The molecule has 0 spiro atoms. The number of benzene rings is 3. The van der Waals surface area contributed by atoms with Crippen molar-refractivity contribution in [1.29, 1.82) is 0 Å². The first kappa shape index (κ1) is 23.9. The first-order valence-corrected chi connectivity index (χ1v) is 12.6. The third-order valence-electron chi connectivity index (χ3n) is 5.38. The van der Waals surface area contributed by atoms with Gasteiger partial charge in [-0.05, 0) is 66.0 Å². The molecule has 0 aliphatic carbocycles. The first-order valence-electron chi connectivity index (χ1n) is 11.6. The Bertz CT molecular complexity index is 1300. The maximum absolute atomic E-state index is 12.7. The summed E-state index contributed by atoms with van der Waals surface area (Å²) in [5.41, 5.74) is 3.95. The molecule has 0 atom stereocenters. The number of aromatic nitrogens is 2. The number of carbonyl (C=O) groups excluding carboxylic acids is 1. The lowest BCUT2D eigenvalue weighted by Gasteiger charge is -2.18. The smallest absolute Gasteiger partial charge is 0.255 e. The van der Waals surface area contributed by atoms with Crippen LogP contribution < -0.4 is 5.32 Å². The van der Waals surface area contributed by atoms with E-state index in [4.69, 9.17) is 0 Å². The summed E-state index contributed by atoms with van der Waals surface area (Å²) in [4.78, 5) is 13.9. The Kier molecular flexibility index (Phi) is 6.98. The predicted molar refractivity (Wildman–Crippen MR) is 141 cm³/mol. The van der Waals surface area contributed by atoms with E-state index in [0.29, 0.717) is 16.9 Å². The number of phenols is 1. The van der Waals surface area contributed by atoms with Gasteiger partial charge in [0.1, 0.15) is 11.4 Å². The van der Waals surface area contributed by atoms with Crippen molar-refractivity contribution in [3.8, 4) is 11.4 Å². The number of hydrogen-bond donors (Lipinski definition) is 2. The van der Waals surface area contributed by atoms with Crippen molar-refractivity contribution in [3.63, 3.8) is 0 Å². The second-order valence-electron chi connectivity index (χ2n) is 9.73. The van der Waals surface area contributed by atoms with Crippen molar-refractivity contribution in [3.05, 3.63) is 78.0 Å². The van der Waals surface area contributed by atoms with Gasteiger partial charge >= 0.3 is 0 Å². The Morgan fingerprint density at radius 3 is 2.50 bits per heavy atom. The van der Waals surface area contributed by atoms with E-state index >= 15 is 0 Å². The molecule has 34 heavy (non-hydrogen) atoms. The topological polar surface area (TPSA) is 67.2 Å². The first-order chi connectivity index (χ1) is 16.2. The number of amides is 1. The zero-order valence-electron chi connectivity index (χ0n) is 20.1. The van der Waals surface area contributed by atoms with Crippen LogP contribution in [0.15, 0.2) is 71.8 Å². The molecule has 0 saturated carbocycles. The molecule has 0 saturated heterocycles. The van der Waals surface area contributed by atoms with E-state index in [-0.39, 0.29) is 17.1 Å². The van der Waals surface area contributed by atoms with Gasteiger partial charge in [-0.2, -0.15) is 5.10 Å². The number of anilines is 1. The van der Waals surface area contributed by atoms with Crippen LogP contribution in [0.5, 0.6) is 5.75 Å². The fourth-order valence-electron chi connectivity index (χ4n) is 3.81. The lowest BCUT2D eigenvalue weighted by Crippen LogP contribution is -2.13. The van der Waals surface area contributed by atoms with Gasteiger partial charge in [0.15, 0.2) is 0 Å². The highest BCUT2D eigenvalue weighted by molar-refractivity contribution is 7.99. The van der Waals surface area contributed by atoms with Gasteiger partial charge in [-0.3, -0.25) is 4.79 Å². The van der Waals surface area contributed by atoms with E-state index < -0.39 is 0 Å². The van der Waals surface area contributed by atoms with Crippen LogP contribution in [0.4, 0.5) is 5.69 Å². The molecule has 1 amide bonds. The molecule has 0 aliphatic heterocycles. The van der Waals surface area contributed by atoms with E-state index in [0.717, 1.165) is 29.5 Å². The molecule has 6 heteroatoms. The average Bonchev–Trinajstić information content (AvgIpc) is 3.20. The highest BCUT2D eigenvalue weighted by Gasteiger charge is 2.13. The minimum atomic E-state index is -0.212. The molecule has 5 nitrogen and oxygen atoms in total. The van der Waals surface area contributed by atoms with Crippen molar-refractivity contribution >= 4 is 34.3 Å². The molecule has 0 unspecified atom stereocenters. The average molecular weight is 474 g/mol. The number of nitrogens with one attached hydrogen (secondary N) is 1. The summed E-state index contributed by atoms with van der Waals surface area (Å²) in [5.74, 6) is 0.907. The molecule has 4 rings (SSSR count). The number of aromatic hydroxyl groups is 1. The Balaban J connectivity index is 1.48. The number of fused-ring (bicyclic) bond motifs is 1. The van der Waals surface area contributed by atoms with Gasteiger partial charge in [-0.15, -0.1) is 11.8 Å². The molecule has 2 N–H and O–H groups in total. The fourth-order valence-corrected chi connectivity index (χ4v) is 4.61. The van der Waals surface area contributed by atoms with E-state index in [1.807, 2.05) is 42.2 Å². The summed E-state index contributed by atoms with van der Waals surface area (Å²) in [7, 11) is 0. The standard InChI is InChI=1S/C28H31N3O2S/c1-5-14-34-23-12-10-21-18-31(30-24(21)16-23)25-13-11-22(15-26(25)32)29-27(33)20-8-6-19(7-9-20)17-28(2,3)4/h6-13,15-16,18,32H,5,14,17H2,1-4H3,(H,29,33). The molecular formula is C28H31N3O2S. The number of thioether (sulfide) groups is 1. The minimum Gasteiger partial charge on any atom is -0.506 e. The fraction of sp³-hybridized carbons (Fsp3) is 0.286. The summed E-state index contributed by atoms with van der Waals surface area (Å²) >= 11 is 1.81. The third-order valence-corrected chi connectivity index (χ3v) is 6.58. The molecule has 176 valence electrons. The summed E-state index contributed by atoms with van der Waals surface area (Å²) in [5, 5.41) is 19.2. The van der Waals surface area contributed by atoms with Crippen LogP contribution in [-0.4, -0.2) is 26.5 Å². The van der Waals surface area contributed by atoms with Gasteiger partial charge in [0.05, 0.1) is 5.52 Å². The Morgan fingerprint density at radius 1 is 1.06 bits per heavy atom. The third kappa shape index (κ3) is 5.81. The van der Waals surface area contributed by atoms with Gasteiger partial charge in [-0.25, -0.2) is 4.68 Å². The maximum Gasteiger partial charge on any atom is 0.255 e. The molecule has 4 aromatic rings. The van der Waals surface area contributed by atoms with Crippen molar-refractivity contribution in [1.82, 2.24) is 9.78 Å². The molecule has 0 radical (unpaired) electrons. The minimum absolute atomic E-state index is 0.0479. The Labute approximate surface area is 205 Å². The van der Waals surface area contributed by atoms with Crippen molar-refractivity contribution < 1.29 is 9.90 Å². The van der Waals surface area contributed by atoms with E-state index in [1.165, 1.54) is 10.5 Å². The summed E-state index contributed by atoms with van der Waals surface area (Å²) in [6, 6.07) is 19.0. The van der Waals surface area contributed by atoms with E-state index in [9.17, 15) is 9.90 Å². The summed E-state index contributed by atoms with van der Waals surface area (Å²) < 4.78 is 1.67. The summed E-state index contributed by atoms with van der Waals surface area (Å²) in [6.45, 7) is 8.75. The molecule has 0 fully saturated rings. The largest absolute Gasteiger partial charge is 0.506 e. The highest BCUT2D eigenvalue weighted by Crippen LogP contribution is 2.29. The lowest BCUT2D eigenvalue weighted by molar-refractivity contribution is 0.102. The number of phenolic OH excluding ortho intramolecular Hbond substituents is 1. The SMILES string of the molecule is CCCSc1ccc2cn(-c3ccc(NC(=O)c4ccc(CC(C)(C)C)cc4)cc3O)nc2c1. The van der Waals surface area contributed by atoms with Gasteiger partial charge in [0.25, 0.3) is 5.91 Å². The van der Waals surface area contributed by atoms with Crippen LogP contribution in [-0.2, 0) is 6.42 Å². The normalized spacial score (nSPS) is 11.6. The maximum atomic E-state index is 12.7. The lowest BCUT2D eigenvalue weighted by atomic mass is 9.88. The second kappa shape index (κ2) is 9.94. The Morgan fingerprint density at radius 2 is 1.82 bits per heavy atom. The molecule has 0 bridgehead atoms.